The number of amides is 2. The second-order valence-corrected chi connectivity index (χ2v) is 9.54. The SMILES string of the molecule is CNC(=O)c1ccc2nccc(Oc3cc(F)c(CC(=O)Nc4cnn(C56CC5C6)c4)cc3C)c2c1. The molecule has 2 amide bonds. The number of aryl methyl sites for hydroxylation is 1. The lowest BCUT2D eigenvalue weighted by Crippen LogP contribution is -2.17. The van der Waals surface area contributed by atoms with Crippen LogP contribution in [0.5, 0.6) is 11.5 Å². The summed E-state index contributed by atoms with van der Waals surface area (Å²) in [6.45, 7) is 1.79. The van der Waals surface area contributed by atoms with Gasteiger partial charge in [0.05, 0.1) is 29.4 Å². The normalized spacial score (nSPS) is 19.5. The van der Waals surface area contributed by atoms with Crippen LogP contribution in [0.25, 0.3) is 10.9 Å². The molecule has 2 heterocycles. The lowest BCUT2D eigenvalue weighted by atomic mass is 10.1. The van der Waals surface area contributed by atoms with Gasteiger partial charge in [-0.1, -0.05) is 0 Å². The number of halogens is 1. The van der Waals surface area contributed by atoms with E-state index >= 15 is 0 Å². The second kappa shape index (κ2) is 8.15. The first kappa shape index (κ1) is 22.2. The van der Waals surface area contributed by atoms with Crippen LogP contribution in [0.1, 0.15) is 34.3 Å². The van der Waals surface area contributed by atoms with Gasteiger partial charge in [0, 0.05) is 36.5 Å². The fraction of sp³-hybridized carbons (Fsp3) is 0.259. The lowest BCUT2D eigenvalue weighted by Gasteiger charge is -2.13. The van der Waals surface area contributed by atoms with Crippen molar-refractivity contribution in [2.24, 2.45) is 5.92 Å². The number of carbonyl (C=O) groups is 2. The topological polar surface area (TPSA) is 98.1 Å². The molecule has 0 unspecified atom stereocenters. The van der Waals surface area contributed by atoms with Crippen LogP contribution in [0.3, 0.4) is 0 Å². The number of anilines is 1. The van der Waals surface area contributed by atoms with Crippen LogP contribution in [0.15, 0.2) is 55.0 Å². The van der Waals surface area contributed by atoms with E-state index in [0.717, 1.165) is 18.8 Å². The zero-order valence-electron chi connectivity index (χ0n) is 19.8. The van der Waals surface area contributed by atoms with Gasteiger partial charge in [0.15, 0.2) is 0 Å². The van der Waals surface area contributed by atoms with Crippen molar-refractivity contribution in [3.8, 4) is 11.5 Å². The summed E-state index contributed by atoms with van der Waals surface area (Å²) in [6.07, 6.45) is 7.28. The smallest absolute Gasteiger partial charge is 0.251 e. The molecule has 2 aromatic carbocycles. The summed E-state index contributed by atoms with van der Waals surface area (Å²) in [7, 11) is 1.56. The summed E-state index contributed by atoms with van der Waals surface area (Å²) >= 11 is 0. The monoisotopic (exact) mass is 485 g/mol. The van der Waals surface area contributed by atoms with E-state index in [9.17, 15) is 14.0 Å². The van der Waals surface area contributed by atoms with Gasteiger partial charge < -0.3 is 15.4 Å². The van der Waals surface area contributed by atoms with Crippen molar-refractivity contribution in [2.75, 3.05) is 12.4 Å². The van der Waals surface area contributed by atoms with Gasteiger partial charge >= 0.3 is 0 Å². The first-order valence-electron chi connectivity index (χ1n) is 11.8. The van der Waals surface area contributed by atoms with Crippen LogP contribution < -0.4 is 15.4 Å². The van der Waals surface area contributed by atoms with Gasteiger partial charge in [-0.3, -0.25) is 19.3 Å². The number of fused-ring (bicyclic) bond motifs is 2. The Balaban J connectivity index is 1.19. The molecule has 0 bridgehead atoms. The molecule has 36 heavy (non-hydrogen) atoms. The molecule has 4 aromatic rings. The molecular weight excluding hydrogens is 461 g/mol. The van der Waals surface area contributed by atoms with E-state index in [4.69, 9.17) is 4.74 Å². The van der Waals surface area contributed by atoms with E-state index in [0.29, 0.717) is 39.2 Å². The number of nitrogens with zero attached hydrogens (tertiary/aromatic N) is 3. The summed E-state index contributed by atoms with van der Waals surface area (Å²) in [5.74, 6) is 0.421. The zero-order valence-corrected chi connectivity index (χ0v) is 19.8. The van der Waals surface area contributed by atoms with Crippen molar-refractivity contribution < 1.29 is 18.7 Å². The number of benzene rings is 2. The Morgan fingerprint density at radius 3 is 2.75 bits per heavy atom. The average Bonchev–Trinajstić information content (AvgIpc) is 3.70. The fourth-order valence-electron chi connectivity index (χ4n) is 4.64. The molecule has 2 aliphatic carbocycles. The molecule has 2 aromatic heterocycles. The standard InChI is InChI=1S/C27H24FN5O3/c1-15-7-17(9-25(34)32-19-13-31-33(14-19)27-11-18(27)12-27)21(28)10-24(15)36-23-5-6-30-22-4-3-16(8-20(22)23)26(35)29-2/h3-8,10,13-14,18H,9,11-12H2,1-2H3,(H,29,35)(H,32,34). The van der Waals surface area contributed by atoms with Crippen LogP contribution >= 0.6 is 0 Å². The molecule has 2 aliphatic rings. The van der Waals surface area contributed by atoms with Crippen molar-refractivity contribution >= 4 is 28.4 Å². The molecular formula is C27H24FN5O3. The van der Waals surface area contributed by atoms with Crippen molar-refractivity contribution in [3.63, 3.8) is 0 Å². The Labute approximate surface area is 206 Å². The molecule has 0 spiro atoms. The van der Waals surface area contributed by atoms with Gasteiger partial charge in [-0.15, -0.1) is 0 Å². The second-order valence-electron chi connectivity index (χ2n) is 9.54. The summed E-state index contributed by atoms with van der Waals surface area (Å²) in [5.41, 5.74) is 2.87. The van der Waals surface area contributed by atoms with E-state index < -0.39 is 5.82 Å². The summed E-state index contributed by atoms with van der Waals surface area (Å²) in [5, 5.41) is 10.4. The highest BCUT2D eigenvalue weighted by Gasteiger charge is 2.72. The van der Waals surface area contributed by atoms with Gasteiger partial charge in [0.25, 0.3) is 5.91 Å². The zero-order chi connectivity index (χ0) is 25.0. The predicted molar refractivity (Wildman–Crippen MR) is 132 cm³/mol. The minimum atomic E-state index is -0.538. The average molecular weight is 486 g/mol. The summed E-state index contributed by atoms with van der Waals surface area (Å²) < 4.78 is 23.0. The molecule has 9 heteroatoms. The van der Waals surface area contributed by atoms with E-state index in [1.165, 1.54) is 6.07 Å². The Morgan fingerprint density at radius 1 is 1.19 bits per heavy atom. The Kier molecular flexibility index (Phi) is 5.03. The Morgan fingerprint density at radius 2 is 2.00 bits per heavy atom. The van der Waals surface area contributed by atoms with Crippen LogP contribution in [0, 0.1) is 18.7 Å². The molecule has 2 fully saturated rings. The number of aromatic nitrogens is 3. The molecule has 182 valence electrons. The van der Waals surface area contributed by atoms with E-state index in [-0.39, 0.29) is 29.3 Å². The third-order valence-corrected chi connectivity index (χ3v) is 7.07. The molecule has 6 rings (SSSR count). The maximum absolute atomic E-state index is 15.0. The van der Waals surface area contributed by atoms with Gasteiger partial charge in [0.1, 0.15) is 17.3 Å². The number of nitrogens with one attached hydrogen (secondary N) is 2. The van der Waals surface area contributed by atoms with E-state index in [2.05, 4.69) is 20.7 Å². The maximum atomic E-state index is 15.0. The quantitative estimate of drug-likeness (QED) is 0.406. The number of rotatable bonds is 7. The maximum Gasteiger partial charge on any atom is 0.251 e. The van der Waals surface area contributed by atoms with E-state index in [1.54, 1.807) is 56.7 Å². The van der Waals surface area contributed by atoms with Gasteiger partial charge in [-0.25, -0.2) is 4.39 Å². The first-order valence-corrected chi connectivity index (χ1v) is 11.8. The largest absolute Gasteiger partial charge is 0.456 e. The highest BCUT2D eigenvalue weighted by Crippen LogP contribution is 2.72. The summed E-state index contributed by atoms with van der Waals surface area (Å²) in [6, 6.07) is 9.67. The highest BCUT2D eigenvalue weighted by molar-refractivity contribution is 5.99. The minimum absolute atomic E-state index is 0.112. The molecule has 0 radical (unpaired) electrons. The molecule has 0 saturated heterocycles. The molecule has 8 nitrogen and oxygen atoms in total. The third kappa shape index (κ3) is 3.86. The number of ether oxygens (including phenoxy) is 1. The van der Waals surface area contributed by atoms with Crippen molar-refractivity contribution in [2.45, 2.75) is 31.7 Å². The lowest BCUT2D eigenvalue weighted by molar-refractivity contribution is -0.115. The number of hydrogen-bond acceptors (Lipinski definition) is 5. The molecule has 2 N–H and O–H groups in total. The number of pyridine rings is 1. The fourth-order valence-corrected chi connectivity index (χ4v) is 4.64. The van der Waals surface area contributed by atoms with Crippen LogP contribution in [0.4, 0.5) is 10.1 Å². The Bertz CT molecular complexity index is 1540. The Hall–Kier alpha value is -4.27. The van der Waals surface area contributed by atoms with Crippen molar-refractivity contribution in [3.05, 3.63) is 77.5 Å². The molecule has 2 saturated carbocycles. The van der Waals surface area contributed by atoms with Crippen LogP contribution in [-0.4, -0.2) is 33.6 Å². The van der Waals surface area contributed by atoms with Crippen molar-refractivity contribution in [1.82, 2.24) is 20.1 Å². The van der Waals surface area contributed by atoms with Crippen molar-refractivity contribution in [1.29, 1.82) is 0 Å². The molecule has 0 atom stereocenters. The van der Waals surface area contributed by atoms with Crippen LogP contribution in [-0.2, 0) is 16.8 Å². The first-order chi connectivity index (χ1) is 17.4. The minimum Gasteiger partial charge on any atom is -0.456 e. The van der Waals surface area contributed by atoms with E-state index in [1.807, 2.05) is 10.9 Å². The van der Waals surface area contributed by atoms with Crippen LogP contribution in [0.2, 0.25) is 0 Å². The molecule has 0 aliphatic heterocycles. The van der Waals surface area contributed by atoms with Gasteiger partial charge in [0.2, 0.25) is 5.91 Å². The predicted octanol–water partition coefficient (Wildman–Crippen LogP) is 4.33. The summed E-state index contributed by atoms with van der Waals surface area (Å²) in [4.78, 5) is 29.0. The van der Waals surface area contributed by atoms with Gasteiger partial charge in [-0.05, 0) is 67.1 Å². The third-order valence-electron chi connectivity index (χ3n) is 7.07. The van der Waals surface area contributed by atoms with Gasteiger partial charge in [-0.2, -0.15) is 5.10 Å². The number of carbonyl (C=O) groups excluding carboxylic acids is 2. The highest BCUT2D eigenvalue weighted by atomic mass is 19.1. The number of hydrogen-bond donors (Lipinski definition) is 2.